The zero-order chi connectivity index (χ0) is 14.8. The standard InChI is InChI=1S/C14H19N5OS/c1-2-3-12-17-11-4-5-19(8-10(11)13(20)18-12)7-9-6-16-14(15)21-9/h6H,2-5,7-8H2,1H3,(H2,15,16)(H,17,18,20). The summed E-state index contributed by atoms with van der Waals surface area (Å²) in [4.78, 5) is 27.1. The van der Waals surface area contributed by atoms with Crippen LogP contribution in [0.1, 0.15) is 35.3 Å². The Hall–Kier alpha value is -1.73. The highest BCUT2D eigenvalue weighted by atomic mass is 32.1. The molecule has 0 aromatic carbocycles. The number of aromatic nitrogens is 3. The van der Waals surface area contributed by atoms with Crippen LogP contribution < -0.4 is 11.3 Å². The fraction of sp³-hybridized carbons (Fsp3) is 0.500. The van der Waals surface area contributed by atoms with Crippen LogP contribution in [-0.4, -0.2) is 26.4 Å². The van der Waals surface area contributed by atoms with Crippen LogP contribution in [0.25, 0.3) is 0 Å². The second-order valence-electron chi connectivity index (χ2n) is 5.31. The molecule has 0 bridgehead atoms. The number of aromatic amines is 1. The predicted molar refractivity (Wildman–Crippen MR) is 83.2 cm³/mol. The van der Waals surface area contributed by atoms with Crippen LogP contribution in [0, 0.1) is 0 Å². The van der Waals surface area contributed by atoms with E-state index in [4.69, 9.17) is 5.73 Å². The maximum absolute atomic E-state index is 12.2. The molecule has 0 atom stereocenters. The van der Waals surface area contributed by atoms with Crippen LogP contribution in [-0.2, 0) is 25.9 Å². The molecule has 0 aliphatic carbocycles. The van der Waals surface area contributed by atoms with E-state index < -0.39 is 0 Å². The molecule has 112 valence electrons. The number of nitrogens with two attached hydrogens (primary N) is 1. The fourth-order valence-corrected chi connectivity index (χ4v) is 3.37. The Morgan fingerprint density at radius 3 is 3.10 bits per heavy atom. The zero-order valence-electron chi connectivity index (χ0n) is 12.1. The molecule has 7 heteroatoms. The lowest BCUT2D eigenvalue weighted by atomic mass is 10.1. The Balaban J connectivity index is 1.77. The van der Waals surface area contributed by atoms with Crippen molar-refractivity contribution in [3.05, 3.63) is 38.5 Å². The minimum absolute atomic E-state index is 0.0111. The molecular formula is C14H19N5OS. The number of nitrogens with one attached hydrogen (secondary N) is 1. The molecule has 0 spiro atoms. The summed E-state index contributed by atoms with van der Waals surface area (Å²) in [7, 11) is 0. The van der Waals surface area contributed by atoms with Gasteiger partial charge in [-0.1, -0.05) is 6.92 Å². The van der Waals surface area contributed by atoms with Crippen molar-refractivity contribution in [3.63, 3.8) is 0 Å². The van der Waals surface area contributed by atoms with E-state index in [-0.39, 0.29) is 5.56 Å². The number of aryl methyl sites for hydroxylation is 1. The fourth-order valence-electron chi connectivity index (χ4n) is 2.64. The summed E-state index contributed by atoms with van der Waals surface area (Å²) in [6, 6.07) is 0. The summed E-state index contributed by atoms with van der Waals surface area (Å²) < 4.78 is 0. The second kappa shape index (κ2) is 5.95. The van der Waals surface area contributed by atoms with E-state index in [0.29, 0.717) is 11.7 Å². The zero-order valence-corrected chi connectivity index (χ0v) is 12.9. The molecule has 0 fully saturated rings. The highest BCUT2D eigenvalue weighted by molar-refractivity contribution is 7.15. The molecule has 3 heterocycles. The molecule has 0 saturated carbocycles. The molecule has 0 unspecified atom stereocenters. The maximum atomic E-state index is 12.2. The summed E-state index contributed by atoms with van der Waals surface area (Å²) >= 11 is 1.50. The van der Waals surface area contributed by atoms with Crippen molar-refractivity contribution in [3.8, 4) is 0 Å². The molecule has 3 rings (SSSR count). The summed E-state index contributed by atoms with van der Waals surface area (Å²) in [6.07, 6.45) is 4.44. The molecule has 2 aromatic heterocycles. The van der Waals surface area contributed by atoms with Gasteiger partial charge in [-0.2, -0.15) is 0 Å². The van der Waals surface area contributed by atoms with Crippen molar-refractivity contribution >= 4 is 16.5 Å². The molecule has 1 aliphatic rings. The second-order valence-corrected chi connectivity index (χ2v) is 6.46. The van der Waals surface area contributed by atoms with Crippen LogP contribution >= 0.6 is 11.3 Å². The van der Waals surface area contributed by atoms with E-state index in [2.05, 4.69) is 26.8 Å². The summed E-state index contributed by atoms with van der Waals surface area (Å²) in [5.74, 6) is 0.810. The molecule has 6 nitrogen and oxygen atoms in total. The van der Waals surface area contributed by atoms with Gasteiger partial charge in [0, 0.05) is 43.5 Å². The lowest BCUT2D eigenvalue weighted by Crippen LogP contribution is -2.35. The van der Waals surface area contributed by atoms with Crippen molar-refractivity contribution in [2.24, 2.45) is 0 Å². The average Bonchev–Trinajstić information content (AvgIpc) is 2.85. The first-order chi connectivity index (χ1) is 10.2. The highest BCUT2D eigenvalue weighted by Crippen LogP contribution is 2.20. The van der Waals surface area contributed by atoms with Crippen molar-refractivity contribution in [2.75, 3.05) is 12.3 Å². The molecule has 21 heavy (non-hydrogen) atoms. The van der Waals surface area contributed by atoms with Gasteiger partial charge in [0.05, 0.1) is 11.3 Å². The first-order valence-corrected chi connectivity index (χ1v) is 8.01. The van der Waals surface area contributed by atoms with Gasteiger partial charge in [0.25, 0.3) is 5.56 Å². The van der Waals surface area contributed by atoms with E-state index in [1.54, 1.807) is 0 Å². The van der Waals surface area contributed by atoms with Crippen molar-refractivity contribution in [1.82, 2.24) is 19.9 Å². The monoisotopic (exact) mass is 305 g/mol. The van der Waals surface area contributed by atoms with Crippen molar-refractivity contribution < 1.29 is 0 Å². The molecule has 0 radical (unpaired) electrons. The lowest BCUT2D eigenvalue weighted by Gasteiger charge is -2.27. The third kappa shape index (κ3) is 3.14. The number of anilines is 1. The van der Waals surface area contributed by atoms with Gasteiger partial charge in [-0.15, -0.1) is 11.3 Å². The minimum atomic E-state index is 0.0111. The number of H-pyrrole nitrogens is 1. The number of hydrogen-bond acceptors (Lipinski definition) is 6. The van der Waals surface area contributed by atoms with Gasteiger partial charge in [0.15, 0.2) is 5.13 Å². The van der Waals surface area contributed by atoms with Gasteiger partial charge >= 0.3 is 0 Å². The first kappa shape index (κ1) is 14.2. The topological polar surface area (TPSA) is 87.9 Å². The van der Waals surface area contributed by atoms with Crippen LogP contribution in [0.3, 0.4) is 0 Å². The van der Waals surface area contributed by atoms with Crippen LogP contribution in [0.15, 0.2) is 11.0 Å². The molecular weight excluding hydrogens is 286 g/mol. The van der Waals surface area contributed by atoms with E-state index in [1.165, 1.54) is 11.3 Å². The van der Waals surface area contributed by atoms with E-state index in [9.17, 15) is 4.79 Å². The average molecular weight is 305 g/mol. The van der Waals surface area contributed by atoms with Crippen molar-refractivity contribution in [1.29, 1.82) is 0 Å². The summed E-state index contributed by atoms with van der Waals surface area (Å²) in [5, 5.41) is 0.589. The van der Waals surface area contributed by atoms with Crippen LogP contribution in [0.4, 0.5) is 5.13 Å². The highest BCUT2D eigenvalue weighted by Gasteiger charge is 2.21. The Kier molecular flexibility index (Phi) is 4.03. The van der Waals surface area contributed by atoms with Gasteiger partial charge in [0.2, 0.25) is 0 Å². The normalized spacial score (nSPS) is 15.1. The molecule has 3 N–H and O–H groups in total. The SMILES string of the molecule is CCCc1nc2c(c(=O)[nH]1)CN(Cc1cnc(N)s1)CC2. The van der Waals surface area contributed by atoms with Gasteiger partial charge in [-0.05, 0) is 6.42 Å². The number of hydrogen-bond donors (Lipinski definition) is 2. The number of thiazole rings is 1. The van der Waals surface area contributed by atoms with Gasteiger partial charge < -0.3 is 10.7 Å². The summed E-state index contributed by atoms with van der Waals surface area (Å²) in [6.45, 7) is 4.42. The number of nitrogens with zero attached hydrogens (tertiary/aromatic N) is 3. The van der Waals surface area contributed by atoms with Gasteiger partial charge in [-0.25, -0.2) is 9.97 Å². The Morgan fingerprint density at radius 2 is 2.38 bits per heavy atom. The van der Waals surface area contributed by atoms with Gasteiger partial charge in [0.1, 0.15) is 5.82 Å². The number of fused-ring (bicyclic) bond motifs is 1. The molecule has 1 aliphatic heterocycles. The van der Waals surface area contributed by atoms with Crippen LogP contribution in [0.5, 0.6) is 0 Å². The van der Waals surface area contributed by atoms with Crippen molar-refractivity contribution in [2.45, 2.75) is 39.3 Å². The third-order valence-corrected chi connectivity index (χ3v) is 4.45. The van der Waals surface area contributed by atoms with Crippen LogP contribution in [0.2, 0.25) is 0 Å². The lowest BCUT2D eigenvalue weighted by molar-refractivity contribution is 0.243. The first-order valence-electron chi connectivity index (χ1n) is 7.19. The maximum Gasteiger partial charge on any atom is 0.255 e. The smallest absolute Gasteiger partial charge is 0.255 e. The largest absolute Gasteiger partial charge is 0.375 e. The third-order valence-electron chi connectivity index (χ3n) is 3.63. The Bertz CT molecular complexity index is 693. The minimum Gasteiger partial charge on any atom is -0.375 e. The molecule has 2 aromatic rings. The Morgan fingerprint density at radius 1 is 1.52 bits per heavy atom. The quantitative estimate of drug-likeness (QED) is 0.889. The number of rotatable bonds is 4. The van der Waals surface area contributed by atoms with E-state index in [1.807, 2.05) is 6.20 Å². The number of nitrogen functional groups attached to an aromatic ring is 1. The predicted octanol–water partition coefficient (Wildman–Crippen LogP) is 1.32. The van der Waals surface area contributed by atoms with Gasteiger partial charge in [-0.3, -0.25) is 9.69 Å². The molecule has 0 saturated heterocycles. The van der Waals surface area contributed by atoms with E-state index >= 15 is 0 Å². The molecule has 0 amide bonds. The summed E-state index contributed by atoms with van der Waals surface area (Å²) in [5.41, 5.74) is 7.43. The van der Waals surface area contributed by atoms with E-state index in [0.717, 1.165) is 54.3 Å². The Labute approximate surface area is 127 Å².